The van der Waals surface area contributed by atoms with Crippen molar-refractivity contribution in [3.8, 4) is 0 Å². The van der Waals surface area contributed by atoms with Crippen molar-refractivity contribution in [1.82, 2.24) is 5.32 Å². The van der Waals surface area contributed by atoms with E-state index in [2.05, 4.69) is 39.9 Å². The fraction of sp³-hybridized carbons (Fsp3) is 0.964. The molecule has 4 heteroatoms. The van der Waals surface area contributed by atoms with Gasteiger partial charge in [0.2, 0.25) is 0 Å². The van der Waals surface area contributed by atoms with Gasteiger partial charge < -0.3 is 20.3 Å². The summed E-state index contributed by atoms with van der Waals surface area (Å²) < 4.78 is 0. The Bertz CT molecular complexity index is 694. The molecule has 4 aliphatic carbocycles. The van der Waals surface area contributed by atoms with Crippen LogP contribution >= 0.6 is 0 Å². The second kappa shape index (κ2) is 8.96. The first-order chi connectivity index (χ1) is 15.0. The molecule has 0 aliphatic heterocycles. The Kier molecular flexibility index (Phi) is 6.91. The third-order valence-electron chi connectivity index (χ3n) is 11.1. The van der Waals surface area contributed by atoms with Gasteiger partial charge in [0.1, 0.15) is 5.78 Å². The molecule has 0 aromatic carbocycles. The van der Waals surface area contributed by atoms with Crippen molar-refractivity contribution in [2.45, 2.75) is 124 Å². The highest BCUT2D eigenvalue weighted by molar-refractivity contribution is 5.75. The molecule has 0 aromatic rings. The van der Waals surface area contributed by atoms with Crippen LogP contribution in [0.25, 0.3) is 0 Å². The van der Waals surface area contributed by atoms with E-state index in [4.69, 9.17) is 0 Å². The topological polar surface area (TPSA) is 69.6 Å². The lowest BCUT2D eigenvalue weighted by molar-refractivity contribution is -0.183. The van der Waals surface area contributed by atoms with Crippen molar-refractivity contribution in [3.05, 3.63) is 0 Å². The molecule has 4 nitrogen and oxygen atoms in total. The maximum absolute atomic E-state index is 11.7. The van der Waals surface area contributed by atoms with Gasteiger partial charge in [-0.25, -0.2) is 0 Å². The number of fused-ring (bicyclic) bond motifs is 5. The lowest BCUT2D eigenvalue weighted by atomic mass is 9.42. The molecule has 32 heavy (non-hydrogen) atoms. The maximum atomic E-state index is 11.7. The van der Waals surface area contributed by atoms with E-state index in [-0.39, 0.29) is 23.0 Å². The van der Waals surface area contributed by atoms with Gasteiger partial charge >= 0.3 is 0 Å². The number of aliphatic hydroxyl groups excluding tert-OH is 2. The molecule has 3 unspecified atom stereocenters. The lowest BCUT2D eigenvalue weighted by Crippen LogP contribution is -2.65. The summed E-state index contributed by atoms with van der Waals surface area (Å²) >= 11 is 0. The fourth-order valence-electron chi connectivity index (χ4n) is 9.45. The van der Waals surface area contributed by atoms with Crippen LogP contribution in [0.3, 0.4) is 0 Å². The predicted molar refractivity (Wildman–Crippen MR) is 129 cm³/mol. The zero-order chi connectivity index (χ0) is 23.4. The van der Waals surface area contributed by atoms with Crippen LogP contribution < -0.4 is 5.32 Å². The van der Waals surface area contributed by atoms with Gasteiger partial charge in [0.15, 0.2) is 0 Å². The van der Waals surface area contributed by atoms with E-state index >= 15 is 0 Å². The molecule has 4 saturated carbocycles. The van der Waals surface area contributed by atoms with Crippen LogP contribution in [0.5, 0.6) is 0 Å². The van der Waals surface area contributed by atoms with E-state index in [1.165, 1.54) is 12.8 Å². The number of Topliss-reactive ketones (excluding diaryl/α,β-unsaturated/α-hetero) is 1. The molecular weight excluding hydrogens is 398 g/mol. The minimum absolute atomic E-state index is 0.167. The fourth-order valence-corrected chi connectivity index (χ4v) is 9.45. The average molecular weight is 448 g/mol. The summed E-state index contributed by atoms with van der Waals surface area (Å²) in [4.78, 5) is 11.7. The number of hydrogen-bond donors (Lipinski definition) is 3. The highest BCUT2D eigenvalue weighted by atomic mass is 16.3. The first-order valence-corrected chi connectivity index (χ1v) is 13.6. The van der Waals surface area contributed by atoms with Crippen molar-refractivity contribution in [1.29, 1.82) is 0 Å². The Morgan fingerprint density at radius 2 is 1.75 bits per heavy atom. The molecule has 0 bridgehead atoms. The van der Waals surface area contributed by atoms with Crippen molar-refractivity contribution in [2.75, 3.05) is 0 Å². The van der Waals surface area contributed by atoms with Crippen LogP contribution in [-0.2, 0) is 4.79 Å². The summed E-state index contributed by atoms with van der Waals surface area (Å²) in [6.45, 7) is 13.6. The average Bonchev–Trinajstić information content (AvgIpc) is 3.06. The predicted octanol–water partition coefficient (Wildman–Crippen LogP) is 4.96. The Labute approximate surface area is 196 Å². The second-order valence-corrected chi connectivity index (χ2v) is 13.1. The molecule has 11 atom stereocenters. The van der Waals surface area contributed by atoms with E-state index in [9.17, 15) is 15.0 Å². The first kappa shape index (κ1) is 24.7. The van der Waals surface area contributed by atoms with Crippen LogP contribution in [0, 0.1) is 46.3 Å². The Morgan fingerprint density at radius 3 is 2.41 bits per heavy atom. The van der Waals surface area contributed by atoms with Crippen LogP contribution in [0.1, 0.15) is 99.3 Å². The summed E-state index contributed by atoms with van der Waals surface area (Å²) in [5.41, 5.74) is 0.402. The summed E-state index contributed by atoms with van der Waals surface area (Å²) in [5, 5.41) is 25.9. The molecule has 4 fully saturated rings. The van der Waals surface area contributed by atoms with E-state index in [1.54, 1.807) is 6.92 Å². The van der Waals surface area contributed by atoms with Crippen molar-refractivity contribution in [2.24, 2.45) is 46.3 Å². The molecule has 0 saturated heterocycles. The van der Waals surface area contributed by atoms with Crippen LogP contribution in [-0.4, -0.2) is 40.3 Å². The van der Waals surface area contributed by atoms with Gasteiger partial charge in [-0.15, -0.1) is 0 Å². The molecule has 184 valence electrons. The third-order valence-corrected chi connectivity index (χ3v) is 11.1. The number of rotatable bonds is 6. The van der Waals surface area contributed by atoms with Gasteiger partial charge in [-0.2, -0.15) is 0 Å². The van der Waals surface area contributed by atoms with Gasteiger partial charge in [-0.05, 0) is 105 Å². The van der Waals surface area contributed by atoms with Crippen LogP contribution in [0.2, 0.25) is 0 Å². The summed E-state index contributed by atoms with van der Waals surface area (Å²) in [6.07, 6.45) is 8.60. The van der Waals surface area contributed by atoms with Gasteiger partial charge in [0.25, 0.3) is 0 Å². The zero-order valence-corrected chi connectivity index (χ0v) is 21.4. The highest BCUT2D eigenvalue weighted by Crippen LogP contribution is 2.68. The molecular formula is C28H49NO3. The normalized spacial score (nSPS) is 49.3. The van der Waals surface area contributed by atoms with Crippen LogP contribution in [0.15, 0.2) is 0 Å². The highest BCUT2D eigenvalue weighted by Gasteiger charge is 2.65. The SMILES string of the molecule is CC(=O)CC[C@@H](C)[C@H]1CC[C@H]2[C@@H]3C(O)C[C@@H]4CC(O)CC[C@]4(C)[C@H]3CC(NC(C)C)[C@]12C. The first-order valence-electron chi connectivity index (χ1n) is 13.6. The molecule has 4 aliphatic rings. The molecule has 3 N–H and O–H groups in total. The summed E-state index contributed by atoms with van der Waals surface area (Å²) in [5.74, 6) is 3.35. The van der Waals surface area contributed by atoms with E-state index in [0.29, 0.717) is 59.8 Å². The monoisotopic (exact) mass is 447 g/mol. The van der Waals surface area contributed by atoms with Gasteiger partial charge in [-0.3, -0.25) is 0 Å². The molecule has 4 rings (SSSR count). The summed E-state index contributed by atoms with van der Waals surface area (Å²) in [7, 11) is 0. The van der Waals surface area contributed by atoms with Crippen molar-refractivity contribution in [3.63, 3.8) is 0 Å². The number of ketones is 1. The largest absolute Gasteiger partial charge is 0.393 e. The van der Waals surface area contributed by atoms with Gasteiger partial charge in [-0.1, -0.05) is 34.6 Å². The van der Waals surface area contributed by atoms with E-state index in [0.717, 1.165) is 38.5 Å². The second-order valence-electron chi connectivity index (χ2n) is 13.1. The van der Waals surface area contributed by atoms with E-state index < -0.39 is 0 Å². The molecule has 0 heterocycles. The number of carbonyl (C=O) groups is 1. The number of carbonyl (C=O) groups excluding carboxylic acids is 1. The van der Waals surface area contributed by atoms with Gasteiger partial charge in [0.05, 0.1) is 12.2 Å². The standard InChI is InChI=1S/C28H49NO3/c1-16(2)29-25-15-23-26(24(32)14-19-13-20(31)11-12-27(19,23)5)22-10-9-21(28(22,25)6)17(3)7-8-18(4)30/h16-17,19-26,29,31-32H,7-15H2,1-6H3/t17-,19+,20?,21-,22+,23+,24?,25?,26+,27+,28-/m1/s1. The van der Waals surface area contributed by atoms with Crippen molar-refractivity contribution >= 4 is 5.78 Å². The number of hydrogen-bond acceptors (Lipinski definition) is 4. The Hall–Kier alpha value is -0.450. The smallest absolute Gasteiger partial charge is 0.129 e. The molecule has 0 radical (unpaired) electrons. The minimum Gasteiger partial charge on any atom is -0.393 e. The Balaban J connectivity index is 1.67. The van der Waals surface area contributed by atoms with Crippen LogP contribution in [0.4, 0.5) is 0 Å². The maximum Gasteiger partial charge on any atom is 0.129 e. The van der Waals surface area contributed by atoms with E-state index in [1.807, 2.05) is 0 Å². The molecule has 0 amide bonds. The summed E-state index contributed by atoms with van der Waals surface area (Å²) in [6, 6.07) is 0.892. The number of aliphatic hydroxyl groups is 2. The molecule has 0 aromatic heterocycles. The number of nitrogens with one attached hydrogen (secondary N) is 1. The van der Waals surface area contributed by atoms with Gasteiger partial charge in [0, 0.05) is 18.5 Å². The molecule has 0 spiro atoms. The third kappa shape index (κ3) is 4.01. The quantitative estimate of drug-likeness (QED) is 0.538. The lowest BCUT2D eigenvalue weighted by Gasteiger charge is -2.64. The Morgan fingerprint density at radius 1 is 1.03 bits per heavy atom. The van der Waals surface area contributed by atoms with Crippen molar-refractivity contribution < 1.29 is 15.0 Å². The zero-order valence-electron chi connectivity index (χ0n) is 21.4. The minimum atomic E-state index is -0.237.